The van der Waals surface area contributed by atoms with Crippen LogP contribution in [0.2, 0.25) is 0 Å². The van der Waals surface area contributed by atoms with Crippen LogP contribution in [0, 0.1) is 5.92 Å². The van der Waals surface area contributed by atoms with Crippen molar-refractivity contribution in [1.29, 1.82) is 0 Å². The number of aromatic nitrogens is 1. The lowest BCUT2D eigenvalue weighted by Crippen LogP contribution is -2.38. The number of carbonyl (C=O) groups excluding carboxylic acids is 1. The number of nitrogens with zero attached hydrogens (tertiary/aromatic N) is 2. The maximum Gasteiger partial charge on any atom is 0.272 e. The molecule has 1 saturated heterocycles. The van der Waals surface area contributed by atoms with Crippen LogP contribution in [0.25, 0.3) is 0 Å². The second-order valence-electron chi connectivity index (χ2n) is 7.19. The number of amides is 1. The van der Waals surface area contributed by atoms with Gasteiger partial charge in [-0.25, -0.2) is 8.42 Å². The Hall–Kier alpha value is -2.32. The normalized spacial score (nSPS) is 18.0. The van der Waals surface area contributed by atoms with Crippen molar-refractivity contribution in [3.05, 3.63) is 42.2 Å². The summed E-state index contributed by atoms with van der Waals surface area (Å²) in [5.41, 5.74) is 0.904. The molecule has 1 N–H and O–H groups in total. The van der Waals surface area contributed by atoms with E-state index in [4.69, 9.17) is 4.74 Å². The van der Waals surface area contributed by atoms with Gasteiger partial charge in [0, 0.05) is 32.0 Å². The molecule has 1 aliphatic rings. The number of anilines is 1. The van der Waals surface area contributed by atoms with Gasteiger partial charge in [-0.15, -0.1) is 0 Å². The van der Waals surface area contributed by atoms with Crippen molar-refractivity contribution < 1.29 is 17.9 Å². The standard InChI is InChI=1S/C20H27N3O4S/c1-4-27-17-9-7-16(8-10-17)21-20(24)19-12-18(14-22(19)3)28(25,26)23-11-5-6-15(2)13-23/h7-10,12,14-15H,4-6,11,13H2,1-3H3,(H,21,24)/t15-/m0/s1. The van der Waals surface area contributed by atoms with Gasteiger partial charge in [-0.3, -0.25) is 4.79 Å². The molecule has 7 nitrogen and oxygen atoms in total. The van der Waals surface area contributed by atoms with Gasteiger partial charge < -0.3 is 14.6 Å². The third-order valence-corrected chi connectivity index (χ3v) is 6.72. The van der Waals surface area contributed by atoms with Gasteiger partial charge in [-0.05, 0) is 56.0 Å². The van der Waals surface area contributed by atoms with Crippen LogP contribution in [0.5, 0.6) is 5.75 Å². The van der Waals surface area contributed by atoms with E-state index in [0.29, 0.717) is 31.3 Å². The number of hydrogen-bond donors (Lipinski definition) is 1. The van der Waals surface area contributed by atoms with Gasteiger partial charge in [0.05, 0.1) is 6.61 Å². The maximum atomic E-state index is 12.9. The van der Waals surface area contributed by atoms with Gasteiger partial charge in [-0.2, -0.15) is 4.31 Å². The zero-order valence-corrected chi connectivity index (χ0v) is 17.3. The SMILES string of the molecule is CCOc1ccc(NC(=O)c2cc(S(=O)(=O)N3CCC[C@H](C)C3)cn2C)cc1. The summed E-state index contributed by atoms with van der Waals surface area (Å²) in [7, 11) is -1.93. The molecule has 8 heteroatoms. The molecular weight excluding hydrogens is 378 g/mol. The molecule has 28 heavy (non-hydrogen) atoms. The Morgan fingerprint density at radius 3 is 2.64 bits per heavy atom. The fraction of sp³-hybridized carbons (Fsp3) is 0.450. The largest absolute Gasteiger partial charge is 0.494 e. The highest BCUT2D eigenvalue weighted by molar-refractivity contribution is 7.89. The Morgan fingerprint density at radius 1 is 1.29 bits per heavy atom. The Kier molecular flexibility index (Phi) is 6.10. The minimum absolute atomic E-state index is 0.154. The first-order chi connectivity index (χ1) is 13.3. The van der Waals surface area contributed by atoms with Crippen molar-refractivity contribution in [1.82, 2.24) is 8.87 Å². The van der Waals surface area contributed by atoms with E-state index in [1.54, 1.807) is 35.9 Å². The Morgan fingerprint density at radius 2 is 2.00 bits per heavy atom. The number of ether oxygens (including phenoxy) is 1. The van der Waals surface area contributed by atoms with Gasteiger partial charge in [0.15, 0.2) is 0 Å². The average Bonchev–Trinajstić information content (AvgIpc) is 3.06. The van der Waals surface area contributed by atoms with Crippen molar-refractivity contribution >= 4 is 21.6 Å². The molecule has 1 atom stereocenters. The van der Waals surface area contributed by atoms with E-state index in [-0.39, 0.29) is 16.5 Å². The summed E-state index contributed by atoms with van der Waals surface area (Å²) in [5, 5.41) is 2.80. The van der Waals surface area contributed by atoms with Gasteiger partial charge in [0.2, 0.25) is 10.0 Å². The van der Waals surface area contributed by atoms with Crippen LogP contribution < -0.4 is 10.1 Å². The Labute approximate surface area is 166 Å². The molecule has 1 aliphatic heterocycles. The topological polar surface area (TPSA) is 80.6 Å². The molecule has 0 spiro atoms. The van der Waals surface area contributed by atoms with Gasteiger partial charge in [-0.1, -0.05) is 6.92 Å². The van der Waals surface area contributed by atoms with Gasteiger partial charge in [0.1, 0.15) is 16.3 Å². The minimum atomic E-state index is -3.60. The van der Waals surface area contributed by atoms with E-state index in [2.05, 4.69) is 12.2 Å². The first-order valence-corrected chi connectivity index (χ1v) is 11.0. The quantitative estimate of drug-likeness (QED) is 0.801. The molecule has 152 valence electrons. The summed E-state index contributed by atoms with van der Waals surface area (Å²) in [4.78, 5) is 12.8. The predicted octanol–water partition coefficient (Wildman–Crippen LogP) is 3.10. The number of nitrogens with one attached hydrogen (secondary N) is 1. The van der Waals surface area contributed by atoms with Crippen LogP contribution in [0.3, 0.4) is 0 Å². The van der Waals surface area contributed by atoms with Crippen LogP contribution in [0.4, 0.5) is 5.69 Å². The monoisotopic (exact) mass is 405 g/mol. The second-order valence-corrected chi connectivity index (χ2v) is 9.13. The lowest BCUT2D eigenvalue weighted by Gasteiger charge is -2.29. The molecule has 3 rings (SSSR count). The molecule has 0 saturated carbocycles. The van der Waals surface area contributed by atoms with Crippen LogP contribution >= 0.6 is 0 Å². The number of benzene rings is 1. The third kappa shape index (κ3) is 4.39. The summed E-state index contributed by atoms with van der Waals surface area (Å²) in [6.45, 7) is 5.58. The van der Waals surface area contributed by atoms with Gasteiger partial charge in [0.25, 0.3) is 5.91 Å². The highest BCUT2D eigenvalue weighted by Crippen LogP contribution is 2.25. The minimum Gasteiger partial charge on any atom is -0.494 e. The average molecular weight is 406 g/mol. The molecule has 0 radical (unpaired) electrons. The van der Waals surface area contributed by atoms with Crippen LogP contribution in [-0.4, -0.2) is 42.9 Å². The molecule has 1 amide bonds. The van der Waals surface area contributed by atoms with E-state index in [1.807, 2.05) is 6.92 Å². The van der Waals surface area contributed by atoms with Crippen molar-refractivity contribution in [3.8, 4) is 5.75 Å². The molecule has 1 aromatic heterocycles. The van der Waals surface area contributed by atoms with E-state index < -0.39 is 10.0 Å². The molecule has 0 aliphatic carbocycles. The summed E-state index contributed by atoms with van der Waals surface area (Å²) >= 11 is 0. The van der Waals surface area contributed by atoms with Gasteiger partial charge >= 0.3 is 0 Å². The van der Waals surface area contributed by atoms with Crippen LogP contribution in [0.15, 0.2) is 41.4 Å². The fourth-order valence-corrected chi connectivity index (χ4v) is 5.08. The second kappa shape index (κ2) is 8.36. The number of carbonyl (C=O) groups is 1. The number of rotatable bonds is 6. The molecule has 2 heterocycles. The molecule has 1 fully saturated rings. The van der Waals surface area contributed by atoms with Crippen molar-refractivity contribution in [3.63, 3.8) is 0 Å². The number of hydrogen-bond acceptors (Lipinski definition) is 4. The Balaban J connectivity index is 1.76. The maximum absolute atomic E-state index is 12.9. The molecular formula is C20H27N3O4S. The zero-order valence-electron chi connectivity index (χ0n) is 16.5. The van der Waals surface area contributed by atoms with E-state index in [0.717, 1.165) is 18.6 Å². The summed E-state index contributed by atoms with van der Waals surface area (Å²) in [6, 6.07) is 8.49. The van der Waals surface area contributed by atoms with Crippen molar-refractivity contribution in [2.24, 2.45) is 13.0 Å². The fourth-order valence-electron chi connectivity index (χ4n) is 3.41. The zero-order chi connectivity index (χ0) is 20.3. The Bertz CT molecular complexity index is 935. The molecule has 0 unspecified atom stereocenters. The van der Waals surface area contributed by atoms with E-state index in [9.17, 15) is 13.2 Å². The van der Waals surface area contributed by atoms with Crippen molar-refractivity contribution in [2.45, 2.75) is 31.6 Å². The summed E-state index contributed by atoms with van der Waals surface area (Å²) < 4.78 is 34.3. The lowest BCUT2D eigenvalue weighted by atomic mass is 10.0. The molecule has 1 aromatic carbocycles. The number of sulfonamides is 1. The lowest BCUT2D eigenvalue weighted by molar-refractivity contribution is 0.101. The van der Waals surface area contributed by atoms with Crippen LogP contribution in [-0.2, 0) is 17.1 Å². The molecule has 0 bridgehead atoms. The first-order valence-electron chi connectivity index (χ1n) is 9.52. The number of aryl methyl sites for hydroxylation is 1. The highest BCUT2D eigenvalue weighted by Gasteiger charge is 2.30. The number of piperidine rings is 1. The van der Waals surface area contributed by atoms with Crippen LogP contribution in [0.1, 0.15) is 37.2 Å². The summed E-state index contributed by atoms with van der Waals surface area (Å²) in [5.74, 6) is 0.707. The summed E-state index contributed by atoms with van der Waals surface area (Å²) in [6.07, 6.45) is 3.40. The van der Waals surface area contributed by atoms with E-state index >= 15 is 0 Å². The smallest absolute Gasteiger partial charge is 0.272 e. The first kappa shape index (κ1) is 20.4. The third-order valence-electron chi connectivity index (χ3n) is 4.89. The highest BCUT2D eigenvalue weighted by atomic mass is 32.2. The molecule has 2 aromatic rings. The van der Waals surface area contributed by atoms with E-state index in [1.165, 1.54) is 16.6 Å². The van der Waals surface area contributed by atoms with Crippen molar-refractivity contribution in [2.75, 3.05) is 25.0 Å². The predicted molar refractivity (Wildman–Crippen MR) is 108 cm³/mol.